The van der Waals surface area contributed by atoms with Crippen molar-refractivity contribution >= 4 is 67.0 Å². The molecule has 2 atom stereocenters. The summed E-state index contributed by atoms with van der Waals surface area (Å²) in [5.41, 5.74) is 14.0. The lowest BCUT2D eigenvalue weighted by molar-refractivity contribution is -0.189. The van der Waals surface area contributed by atoms with Crippen LogP contribution in [-0.4, -0.2) is 67.8 Å². The number of hydrogen-bond donors (Lipinski definition) is 4. The van der Waals surface area contributed by atoms with Gasteiger partial charge < -0.3 is 31.2 Å². The van der Waals surface area contributed by atoms with E-state index in [0.29, 0.717) is 63.9 Å². The number of carbonyl (C=O) groups excluding carboxylic acids is 4. The number of nitrogens with zero attached hydrogens (tertiary/aromatic N) is 2. The second kappa shape index (κ2) is 17.3. The highest BCUT2D eigenvalue weighted by molar-refractivity contribution is 8.76. The van der Waals surface area contributed by atoms with E-state index in [1.54, 1.807) is 84.9 Å². The molecule has 6 N–H and O–H groups in total. The predicted octanol–water partition coefficient (Wildman–Crippen LogP) is 7.42. The fourth-order valence-corrected chi connectivity index (χ4v) is 9.04. The van der Waals surface area contributed by atoms with Crippen LogP contribution >= 0.6 is 21.6 Å². The van der Waals surface area contributed by atoms with Crippen molar-refractivity contribution in [1.82, 2.24) is 19.8 Å². The Balaban J connectivity index is 1.37. The topological polar surface area (TPSA) is 158 Å². The van der Waals surface area contributed by atoms with Crippen LogP contribution in [-0.2, 0) is 45.1 Å². The van der Waals surface area contributed by atoms with Crippen LogP contribution in [0.4, 0.5) is 26.3 Å². The Kier molecular flexibility index (Phi) is 12.5. The van der Waals surface area contributed by atoms with Crippen molar-refractivity contribution < 1.29 is 45.5 Å². The van der Waals surface area contributed by atoms with Crippen LogP contribution in [0.5, 0.6) is 0 Å². The van der Waals surface area contributed by atoms with Gasteiger partial charge in [-0.1, -0.05) is 97.1 Å². The number of aromatic nitrogens is 2. The number of carbonyl (C=O) groups is 4. The minimum absolute atomic E-state index is 0.329. The van der Waals surface area contributed by atoms with E-state index in [2.05, 4.69) is 9.97 Å². The highest BCUT2D eigenvalue weighted by Crippen LogP contribution is 2.44. The maximum absolute atomic E-state index is 14.0. The monoisotopic (exact) mass is 840 g/mol. The summed E-state index contributed by atoms with van der Waals surface area (Å²) in [4.78, 5) is 59.0. The summed E-state index contributed by atoms with van der Waals surface area (Å²) in [5, 5.41) is 1.80. The van der Waals surface area contributed by atoms with Crippen molar-refractivity contribution in [2.75, 3.05) is 0 Å². The molecule has 0 fully saturated rings. The zero-order valence-corrected chi connectivity index (χ0v) is 31.8. The Bertz CT molecular complexity index is 2270. The summed E-state index contributed by atoms with van der Waals surface area (Å²) >= 11 is 0. The third kappa shape index (κ3) is 9.45. The molecule has 4 aromatic carbocycles. The lowest BCUT2D eigenvalue weighted by Crippen LogP contribution is -2.52. The number of halogens is 6. The first-order chi connectivity index (χ1) is 27.5. The normalized spacial score (nSPS) is 13.0. The molecule has 10 nitrogen and oxygen atoms in total. The van der Waals surface area contributed by atoms with Crippen LogP contribution in [0.25, 0.3) is 21.8 Å². The van der Waals surface area contributed by atoms with Crippen molar-refractivity contribution in [2.24, 2.45) is 11.5 Å². The summed E-state index contributed by atoms with van der Waals surface area (Å²) in [6.45, 7) is -1.13. The molecule has 0 spiro atoms. The van der Waals surface area contributed by atoms with Gasteiger partial charge in [0.2, 0.25) is 11.8 Å². The van der Waals surface area contributed by atoms with E-state index in [1.807, 2.05) is 0 Å². The summed E-state index contributed by atoms with van der Waals surface area (Å²) < 4.78 is 84.0. The maximum Gasteiger partial charge on any atom is 0.471 e. The molecule has 6 aromatic rings. The second-order valence-corrected chi connectivity index (χ2v) is 15.4. The van der Waals surface area contributed by atoms with E-state index in [4.69, 9.17) is 11.5 Å². The zero-order valence-electron chi connectivity index (χ0n) is 30.1. The maximum atomic E-state index is 14.0. The first-order valence-electron chi connectivity index (χ1n) is 17.5. The molecule has 2 aromatic heterocycles. The number of aromatic amines is 2. The number of hydrogen-bond acceptors (Lipinski definition) is 6. The number of benzene rings is 4. The number of primary amides is 2. The fourth-order valence-electron chi connectivity index (χ4n) is 6.63. The first-order valence-corrected chi connectivity index (χ1v) is 19.6. The van der Waals surface area contributed by atoms with Crippen molar-refractivity contribution in [3.8, 4) is 0 Å². The predicted molar refractivity (Wildman–Crippen MR) is 208 cm³/mol. The van der Waals surface area contributed by atoms with Gasteiger partial charge >= 0.3 is 24.2 Å². The van der Waals surface area contributed by atoms with Crippen molar-refractivity contribution in [2.45, 2.75) is 60.4 Å². The summed E-state index contributed by atoms with van der Waals surface area (Å²) in [5.74, 6) is -6.85. The van der Waals surface area contributed by atoms with E-state index in [9.17, 15) is 45.5 Å². The van der Waals surface area contributed by atoms with Gasteiger partial charge in [-0.05, 0) is 56.0 Å². The minimum atomic E-state index is -5.33. The smallest absolute Gasteiger partial charge is 0.368 e. The number of nitrogens with one attached hydrogen (secondary N) is 2. The Morgan fingerprint density at radius 3 is 1.19 bits per heavy atom. The SMILES string of the molecule is NC(=O)C(Cc1c(SSc2[nH]c3ccccc3c2CC(C(N)=O)N(Cc2ccccc2)C(=O)C(F)(F)F)[nH]c2ccccc12)N(Cc1ccccc1)C(=O)C(F)(F)F. The molecule has 0 aliphatic rings. The van der Waals surface area contributed by atoms with E-state index in [-0.39, 0.29) is 0 Å². The van der Waals surface area contributed by atoms with Gasteiger partial charge in [-0.25, -0.2) is 0 Å². The lowest BCUT2D eigenvalue weighted by Gasteiger charge is -2.31. The van der Waals surface area contributed by atoms with Gasteiger partial charge in [0.05, 0.1) is 10.1 Å². The summed E-state index contributed by atoms with van der Waals surface area (Å²) in [6, 6.07) is 25.8. The Labute approximate surface area is 334 Å². The highest BCUT2D eigenvalue weighted by atomic mass is 33.1. The molecule has 4 amide bonds. The number of rotatable bonds is 15. The molecule has 2 unspecified atom stereocenters. The number of fused-ring (bicyclic) bond motifs is 2. The molecule has 18 heteroatoms. The fraction of sp³-hybridized carbons (Fsp3) is 0.200. The molecule has 0 saturated heterocycles. The number of nitrogens with two attached hydrogens (primary N) is 2. The van der Waals surface area contributed by atoms with Gasteiger partial charge in [-0.2, -0.15) is 26.3 Å². The molecule has 0 saturated carbocycles. The Morgan fingerprint density at radius 2 is 0.862 bits per heavy atom. The first kappa shape index (κ1) is 41.7. The molecule has 0 bridgehead atoms. The van der Waals surface area contributed by atoms with E-state index >= 15 is 0 Å². The van der Waals surface area contributed by atoms with E-state index in [0.717, 1.165) is 21.6 Å². The van der Waals surface area contributed by atoms with Crippen molar-refractivity contribution in [1.29, 1.82) is 0 Å². The van der Waals surface area contributed by atoms with Gasteiger partial charge in [-0.15, -0.1) is 0 Å². The number of amides is 4. The number of H-pyrrole nitrogens is 2. The molecule has 6 rings (SSSR count). The lowest BCUT2D eigenvalue weighted by atomic mass is 10.0. The van der Waals surface area contributed by atoms with Gasteiger partial charge in [0.1, 0.15) is 12.1 Å². The molecule has 0 aliphatic carbocycles. The van der Waals surface area contributed by atoms with Crippen LogP contribution in [0, 0.1) is 0 Å². The van der Waals surface area contributed by atoms with Crippen LogP contribution in [0.3, 0.4) is 0 Å². The van der Waals surface area contributed by atoms with Crippen molar-refractivity contribution in [3.63, 3.8) is 0 Å². The van der Waals surface area contributed by atoms with Gasteiger partial charge in [-0.3, -0.25) is 19.2 Å². The minimum Gasteiger partial charge on any atom is -0.368 e. The zero-order chi connectivity index (χ0) is 41.8. The molecular formula is C40H34F6N6O4S2. The molecular weight excluding hydrogens is 807 g/mol. The average Bonchev–Trinajstić information content (AvgIpc) is 3.72. The Hall–Kier alpha value is -5.88. The van der Waals surface area contributed by atoms with E-state index in [1.165, 1.54) is 24.3 Å². The average molecular weight is 841 g/mol. The molecule has 0 radical (unpaired) electrons. The Morgan fingerprint density at radius 1 is 0.534 bits per heavy atom. The van der Waals surface area contributed by atoms with Crippen LogP contribution in [0.1, 0.15) is 22.3 Å². The van der Waals surface area contributed by atoms with Crippen LogP contribution in [0.15, 0.2) is 119 Å². The van der Waals surface area contributed by atoms with Gasteiger partial charge in [0, 0.05) is 47.7 Å². The number of para-hydroxylation sites is 2. The van der Waals surface area contributed by atoms with Crippen LogP contribution in [0.2, 0.25) is 0 Å². The van der Waals surface area contributed by atoms with Gasteiger partial charge in [0.25, 0.3) is 0 Å². The largest absolute Gasteiger partial charge is 0.471 e. The molecule has 58 heavy (non-hydrogen) atoms. The van der Waals surface area contributed by atoms with E-state index < -0.39 is 74.0 Å². The molecule has 302 valence electrons. The standard InChI is InChI=1S/C40H34F6N6O4S2/c41-39(42,43)37(55)51(21-23-11-3-1-4-12-23)31(33(47)53)19-27-25-15-7-9-17-29(25)49-35(27)57-58-36-28(26-16-8-10-18-30(26)50-36)20-32(34(48)54)52(38(56)40(44,45)46)22-24-13-5-2-6-14-24/h1-18,31-32,49-50H,19-22H2,(H2,47,53)(H2,48,54). The highest BCUT2D eigenvalue weighted by Gasteiger charge is 2.47. The number of alkyl halides is 6. The summed E-state index contributed by atoms with van der Waals surface area (Å²) in [7, 11) is 2.14. The van der Waals surface area contributed by atoms with Gasteiger partial charge in [0.15, 0.2) is 0 Å². The van der Waals surface area contributed by atoms with Crippen molar-refractivity contribution in [3.05, 3.63) is 131 Å². The molecule has 2 heterocycles. The second-order valence-electron chi connectivity index (χ2n) is 13.2. The molecule has 0 aliphatic heterocycles. The summed E-state index contributed by atoms with van der Waals surface area (Å²) in [6.07, 6.45) is -11.5. The third-order valence-electron chi connectivity index (χ3n) is 9.36. The quantitative estimate of drug-likeness (QED) is 0.0623. The van der Waals surface area contributed by atoms with Crippen LogP contribution < -0.4 is 11.5 Å². The third-order valence-corrected chi connectivity index (χ3v) is 11.7.